The maximum absolute atomic E-state index is 12.4. The fraction of sp³-hybridized carbons (Fsp3) is 0.652. The molecular weight excluding hydrogens is 456 g/mol. The van der Waals surface area contributed by atoms with Crippen LogP contribution in [0.2, 0.25) is 0 Å². The van der Waals surface area contributed by atoms with Crippen molar-refractivity contribution in [2.45, 2.75) is 75.6 Å². The summed E-state index contributed by atoms with van der Waals surface area (Å²) in [6, 6.07) is 4.62. The lowest BCUT2D eigenvalue weighted by Gasteiger charge is -2.27. The smallest absolute Gasteiger partial charge is 0.323 e. The number of aliphatic hydroxyl groups is 2. The standard InChI is InChI=1S/C23H32N6O6/c1-13-3-5-15(6-4-13)34-22(32)14(2)27-12-33-10-23(9-24)20(31)18(30)19(35-23)16-7-8-17-21(25)26-11-28-29(16)17/h7-8,11,13-15,18-20,27,30-31H,3-6,10,12H2,1-2H3,(H2,25,26,28)/t13-,14-,15-,18-,19-,20-,23+/m0/s1. The number of aromatic nitrogens is 3. The van der Waals surface area contributed by atoms with Gasteiger partial charge >= 0.3 is 5.97 Å². The van der Waals surface area contributed by atoms with Gasteiger partial charge in [0.15, 0.2) is 5.82 Å². The number of carbonyl (C=O) groups is 1. The van der Waals surface area contributed by atoms with Crippen molar-refractivity contribution in [2.24, 2.45) is 5.92 Å². The Morgan fingerprint density at radius 1 is 1.40 bits per heavy atom. The Hall–Kier alpha value is -2.82. The van der Waals surface area contributed by atoms with Crippen LogP contribution in [-0.2, 0) is 19.0 Å². The first kappa shape index (κ1) is 25.3. The first-order chi connectivity index (χ1) is 16.8. The van der Waals surface area contributed by atoms with Gasteiger partial charge in [-0.2, -0.15) is 10.4 Å². The van der Waals surface area contributed by atoms with Crippen LogP contribution in [0.1, 0.15) is 51.3 Å². The first-order valence-corrected chi connectivity index (χ1v) is 11.8. The molecule has 2 aliphatic rings. The van der Waals surface area contributed by atoms with Gasteiger partial charge in [-0.3, -0.25) is 10.1 Å². The minimum atomic E-state index is -1.82. The third-order valence-corrected chi connectivity index (χ3v) is 6.85. The van der Waals surface area contributed by atoms with E-state index in [0.717, 1.165) is 25.7 Å². The molecule has 1 saturated carbocycles. The summed E-state index contributed by atoms with van der Waals surface area (Å²) in [4.78, 5) is 16.3. The quantitative estimate of drug-likeness (QED) is 0.230. The number of nitrogens with one attached hydrogen (secondary N) is 1. The lowest BCUT2D eigenvalue weighted by Crippen LogP contribution is -2.47. The molecule has 12 nitrogen and oxygen atoms in total. The highest BCUT2D eigenvalue weighted by Gasteiger charge is 2.56. The number of hydrogen-bond acceptors (Lipinski definition) is 11. The Kier molecular flexibility index (Phi) is 7.53. The molecule has 2 aromatic rings. The SMILES string of the molecule is C[C@H](NCOC[C@@]1(C#N)O[C@@H](c2ccc3c(N)ncnn23)[C@H](O)[C@@H]1O)C(=O)O[C@H]1CC[C@H](C)CC1. The summed E-state index contributed by atoms with van der Waals surface area (Å²) in [6.45, 7) is 3.44. The zero-order valence-corrected chi connectivity index (χ0v) is 19.8. The minimum absolute atomic E-state index is 0.0584. The van der Waals surface area contributed by atoms with E-state index in [9.17, 15) is 20.3 Å². The number of hydrogen-bond donors (Lipinski definition) is 4. The number of nitriles is 1. The van der Waals surface area contributed by atoms with E-state index in [4.69, 9.17) is 19.9 Å². The number of fused-ring (bicyclic) bond motifs is 1. The van der Waals surface area contributed by atoms with Gasteiger partial charge in [-0.15, -0.1) is 0 Å². The van der Waals surface area contributed by atoms with Crippen molar-refractivity contribution in [3.63, 3.8) is 0 Å². The summed E-state index contributed by atoms with van der Waals surface area (Å²) in [5, 5.41) is 38.2. The van der Waals surface area contributed by atoms with E-state index in [-0.39, 0.29) is 31.2 Å². The molecule has 190 valence electrons. The van der Waals surface area contributed by atoms with Gasteiger partial charge in [0.05, 0.1) is 19.0 Å². The van der Waals surface area contributed by atoms with Gasteiger partial charge in [0, 0.05) is 0 Å². The summed E-state index contributed by atoms with van der Waals surface area (Å²) in [6.07, 6.45) is 1.04. The van der Waals surface area contributed by atoms with Crippen LogP contribution < -0.4 is 11.1 Å². The lowest BCUT2D eigenvalue weighted by molar-refractivity contribution is -0.154. The van der Waals surface area contributed by atoms with Gasteiger partial charge in [-0.25, -0.2) is 9.50 Å². The van der Waals surface area contributed by atoms with Crippen molar-refractivity contribution in [3.8, 4) is 6.07 Å². The van der Waals surface area contributed by atoms with Crippen LogP contribution in [0.5, 0.6) is 0 Å². The molecule has 2 fully saturated rings. The van der Waals surface area contributed by atoms with Gasteiger partial charge in [0.25, 0.3) is 0 Å². The van der Waals surface area contributed by atoms with Crippen molar-refractivity contribution < 1.29 is 29.2 Å². The molecule has 0 amide bonds. The number of nitrogen functional groups attached to an aromatic ring is 1. The zero-order chi connectivity index (χ0) is 25.2. The number of esters is 1. The van der Waals surface area contributed by atoms with E-state index >= 15 is 0 Å². The normalized spacial score (nSPS) is 31.8. The van der Waals surface area contributed by atoms with Gasteiger partial charge in [0.1, 0.15) is 48.4 Å². The number of aliphatic hydroxyl groups excluding tert-OH is 2. The minimum Gasteiger partial charge on any atom is -0.461 e. The number of nitrogens with two attached hydrogens (primary N) is 1. The zero-order valence-electron chi connectivity index (χ0n) is 19.8. The van der Waals surface area contributed by atoms with Crippen LogP contribution in [0.4, 0.5) is 5.82 Å². The molecule has 4 rings (SSSR count). The fourth-order valence-electron chi connectivity index (χ4n) is 4.56. The van der Waals surface area contributed by atoms with Crippen molar-refractivity contribution in [1.82, 2.24) is 19.9 Å². The second-order valence-corrected chi connectivity index (χ2v) is 9.41. The van der Waals surface area contributed by atoms with Gasteiger partial charge in [-0.1, -0.05) is 6.92 Å². The second kappa shape index (κ2) is 10.4. The first-order valence-electron chi connectivity index (χ1n) is 11.8. The summed E-state index contributed by atoms with van der Waals surface area (Å²) >= 11 is 0. The highest BCUT2D eigenvalue weighted by Crippen LogP contribution is 2.40. The van der Waals surface area contributed by atoms with Gasteiger partial charge < -0.3 is 30.2 Å². The molecule has 1 aliphatic heterocycles. The Morgan fingerprint density at radius 2 is 2.14 bits per heavy atom. The molecule has 3 heterocycles. The highest BCUT2D eigenvalue weighted by atomic mass is 16.6. The maximum Gasteiger partial charge on any atom is 0.323 e. The fourth-order valence-corrected chi connectivity index (χ4v) is 4.56. The summed E-state index contributed by atoms with van der Waals surface area (Å²) in [5.41, 5.74) is 4.95. The molecule has 1 saturated heterocycles. The van der Waals surface area contributed by atoms with Crippen LogP contribution in [0.15, 0.2) is 18.5 Å². The van der Waals surface area contributed by atoms with Crippen LogP contribution in [-0.4, -0.2) is 74.1 Å². The maximum atomic E-state index is 12.4. The predicted molar refractivity (Wildman–Crippen MR) is 123 cm³/mol. The molecule has 35 heavy (non-hydrogen) atoms. The van der Waals surface area contributed by atoms with Crippen molar-refractivity contribution in [1.29, 1.82) is 5.26 Å². The molecule has 0 spiro atoms. The predicted octanol–water partition coefficient (Wildman–Crippen LogP) is 0.441. The van der Waals surface area contributed by atoms with Gasteiger partial charge in [0.2, 0.25) is 5.60 Å². The third kappa shape index (κ3) is 5.10. The van der Waals surface area contributed by atoms with Crippen molar-refractivity contribution >= 4 is 17.3 Å². The molecule has 5 N–H and O–H groups in total. The number of ether oxygens (including phenoxy) is 3. The highest BCUT2D eigenvalue weighted by molar-refractivity contribution is 5.75. The monoisotopic (exact) mass is 488 g/mol. The average molecular weight is 489 g/mol. The molecule has 12 heteroatoms. The second-order valence-electron chi connectivity index (χ2n) is 9.41. The van der Waals surface area contributed by atoms with Gasteiger partial charge in [-0.05, 0) is 50.7 Å². The third-order valence-electron chi connectivity index (χ3n) is 6.85. The topological polar surface area (TPSA) is 177 Å². The van der Waals surface area contributed by atoms with E-state index in [1.54, 1.807) is 19.1 Å². The molecule has 0 bridgehead atoms. The molecule has 0 aromatic carbocycles. The van der Waals surface area contributed by atoms with Crippen LogP contribution in [0, 0.1) is 17.2 Å². The number of carbonyl (C=O) groups excluding carboxylic acids is 1. The van der Waals surface area contributed by atoms with Crippen LogP contribution in [0.3, 0.4) is 0 Å². The van der Waals surface area contributed by atoms with E-state index in [1.807, 2.05) is 6.07 Å². The van der Waals surface area contributed by atoms with E-state index < -0.39 is 30.0 Å². The van der Waals surface area contributed by atoms with Crippen molar-refractivity contribution in [2.75, 3.05) is 19.1 Å². The number of anilines is 1. The molecule has 1 aliphatic carbocycles. The number of nitrogens with zero attached hydrogens (tertiary/aromatic N) is 4. The van der Waals surface area contributed by atoms with E-state index in [2.05, 4.69) is 22.3 Å². The lowest BCUT2D eigenvalue weighted by atomic mass is 9.89. The Labute approximate surface area is 203 Å². The molecule has 5 atom stereocenters. The Balaban J connectivity index is 1.32. The summed E-state index contributed by atoms with van der Waals surface area (Å²) < 4.78 is 18.4. The van der Waals surface area contributed by atoms with Crippen molar-refractivity contribution in [3.05, 3.63) is 24.2 Å². The molecule has 2 aromatic heterocycles. The molecule has 0 unspecified atom stereocenters. The summed E-state index contributed by atoms with van der Waals surface area (Å²) in [5.74, 6) is 0.540. The molecule has 0 radical (unpaired) electrons. The Morgan fingerprint density at radius 3 is 2.86 bits per heavy atom. The summed E-state index contributed by atoms with van der Waals surface area (Å²) in [7, 11) is 0. The number of rotatable bonds is 8. The van der Waals surface area contributed by atoms with E-state index in [0.29, 0.717) is 17.1 Å². The molecular formula is C23H32N6O6. The van der Waals surface area contributed by atoms with Crippen LogP contribution in [0.25, 0.3) is 5.52 Å². The Bertz CT molecular complexity index is 1080. The van der Waals surface area contributed by atoms with Crippen LogP contribution >= 0.6 is 0 Å². The largest absolute Gasteiger partial charge is 0.461 e. The average Bonchev–Trinajstić information content (AvgIpc) is 3.39. The van der Waals surface area contributed by atoms with E-state index in [1.165, 1.54) is 10.8 Å².